The molecule has 2 N–H and O–H groups in total. The summed E-state index contributed by atoms with van der Waals surface area (Å²) < 4.78 is 94.6. The Balaban J connectivity index is 2.17. The van der Waals surface area contributed by atoms with E-state index in [0.717, 1.165) is 18.9 Å². The molecule has 0 atom stereocenters. The summed E-state index contributed by atoms with van der Waals surface area (Å²) in [5.41, 5.74) is -2.72. The lowest BCUT2D eigenvalue weighted by molar-refractivity contribution is -0.137. The lowest BCUT2D eigenvalue weighted by Gasteiger charge is -2.22. The van der Waals surface area contributed by atoms with Gasteiger partial charge in [0.25, 0.3) is 5.92 Å². The number of nitrogens with zero attached hydrogens (tertiary/aromatic N) is 1. The molecule has 0 aliphatic heterocycles. The van der Waals surface area contributed by atoms with Crippen molar-refractivity contribution in [2.24, 2.45) is 0 Å². The summed E-state index contributed by atoms with van der Waals surface area (Å²) in [5.74, 6) is -3.99. The van der Waals surface area contributed by atoms with Gasteiger partial charge < -0.3 is 10.6 Å². The molecule has 1 saturated carbocycles. The Morgan fingerprint density at radius 1 is 1.03 bits per heavy atom. The van der Waals surface area contributed by atoms with Crippen LogP contribution in [0.5, 0.6) is 0 Å². The van der Waals surface area contributed by atoms with E-state index in [-0.39, 0.29) is 21.8 Å². The summed E-state index contributed by atoms with van der Waals surface area (Å²) in [7, 11) is -4.44. The summed E-state index contributed by atoms with van der Waals surface area (Å²) in [4.78, 5) is -1.07. The quantitative estimate of drug-likeness (QED) is 0.310. The molecule has 1 fully saturated rings. The van der Waals surface area contributed by atoms with E-state index < -0.39 is 43.7 Å². The molecule has 0 bridgehead atoms. The summed E-state index contributed by atoms with van der Waals surface area (Å²) >= 11 is 5.81. The largest absolute Gasteiger partial charge is 0.416 e. The van der Waals surface area contributed by atoms with Gasteiger partial charge in [0.1, 0.15) is 11.9 Å². The van der Waals surface area contributed by atoms with Crippen molar-refractivity contribution in [3.63, 3.8) is 0 Å². The van der Waals surface area contributed by atoms with Crippen LogP contribution in [0.3, 0.4) is 0 Å². The number of sulfone groups is 1. The first-order valence-electron chi connectivity index (χ1n) is 10.5. The molecule has 1 aliphatic rings. The monoisotopic (exact) mass is 533 g/mol. The molecule has 2 aromatic carbocycles. The minimum atomic E-state index is -4.94. The Morgan fingerprint density at radius 3 is 2.11 bits per heavy atom. The Hall–Kier alpha value is -2.84. The highest BCUT2D eigenvalue weighted by atomic mass is 35.5. The second-order valence-corrected chi connectivity index (χ2v) is 10.5. The van der Waals surface area contributed by atoms with Gasteiger partial charge in [-0.3, -0.25) is 0 Å². The lowest BCUT2D eigenvalue weighted by atomic mass is 10.0. The Kier molecular flexibility index (Phi) is 7.67. The highest BCUT2D eigenvalue weighted by Crippen LogP contribution is 2.37. The van der Waals surface area contributed by atoms with Crippen molar-refractivity contribution in [1.82, 2.24) is 5.32 Å². The summed E-state index contributed by atoms with van der Waals surface area (Å²) in [5, 5.41) is 15.4. The molecule has 0 radical (unpaired) electrons. The molecule has 12 heteroatoms. The van der Waals surface area contributed by atoms with Crippen molar-refractivity contribution >= 4 is 27.1 Å². The third-order valence-electron chi connectivity index (χ3n) is 5.46. The maximum Gasteiger partial charge on any atom is 0.416 e. The molecule has 188 valence electrons. The number of benzene rings is 2. The normalized spacial score (nSPS) is 15.9. The second-order valence-electron chi connectivity index (χ2n) is 8.21. The number of anilines is 1. The Morgan fingerprint density at radius 2 is 1.60 bits per heavy atom. The van der Waals surface area contributed by atoms with Crippen molar-refractivity contribution in [2.75, 3.05) is 5.32 Å². The third kappa shape index (κ3) is 6.44. The zero-order valence-corrected chi connectivity index (χ0v) is 20.0. The molecule has 35 heavy (non-hydrogen) atoms. The lowest BCUT2D eigenvalue weighted by Crippen LogP contribution is -2.32. The van der Waals surface area contributed by atoms with Crippen LogP contribution < -0.4 is 10.6 Å². The molecular weight excluding hydrogens is 513 g/mol. The SMILES string of the molecule is CC(F)(F)c1cc(N/C(NC2CCCC2)=C(/C#N)S(=O)(=O)c2ccc(Cl)cc2)cc(C(F)(F)F)c1. The molecule has 0 unspecified atom stereocenters. The van der Waals surface area contributed by atoms with E-state index in [9.17, 15) is 35.6 Å². The molecule has 5 nitrogen and oxygen atoms in total. The van der Waals surface area contributed by atoms with Crippen molar-refractivity contribution in [3.05, 3.63) is 69.3 Å². The van der Waals surface area contributed by atoms with Crippen LogP contribution in [-0.4, -0.2) is 14.5 Å². The van der Waals surface area contributed by atoms with Crippen LogP contribution >= 0.6 is 11.6 Å². The molecule has 0 spiro atoms. The van der Waals surface area contributed by atoms with Gasteiger partial charge in [0, 0.05) is 29.2 Å². The Labute approximate surface area is 204 Å². The topological polar surface area (TPSA) is 82.0 Å². The van der Waals surface area contributed by atoms with Crippen LogP contribution in [0.25, 0.3) is 0 Å². The smallest absolute Gasteiger partial charge is 0.367 e. The fourth-order valence-corrected chi connectivity index (χ4v) is 5.03. The van der Waals surface area contributed by atoms with E-state index in [4.69, 9.17) is 11.6 Å². The van der Waals surface area contributed by atoms with Gasteiger partial charge in [0.15, 0.2) is 4.91 Å². The third-order valence-corrected chi connectivity index (χ3v) is 7.44. The van der Waals surface area contributed by atoms with Gasteiger partial charge in [0.05, 0.1) is 10.5 Å². The van der Waals surface area contributed by atoms with Gasteiger partial charge in [-0.2, -0.15) is 18.4 Å². The van der Waals surface area contributed by atoms with Gasteiger partial charge in [-0.25, -0.2) is 17.2 Å². The number of nitrogens with one attached hydrogen (secondary N) is 2. The van der Waals surface area contributed by atoms with Gasteiger partial charge in [-0.05, 0) is 55.3 Å². The number of alkyl halides is 5. The molecular formula is C23H21ClF5N3O2S. The predicted molar refractivity (Wildman–Crippen MR) is 121 cm³/mol. The van der Waals surface area contributed by atoms with E-state index in [1.807, 2.05) is 0 Å². The van der Waals surface area contributed by atoms with Crippen LogP contribution in [0.15, 0.2) is 58.1 Å². The maximum atomic E-state index is 14.0. The molecule has 0 heterocycles. The maximum absolute atomic E-state index is 14.0. The number of rotatable bonds is 7. The van der Waals surface area contributed by atoms with Crippen molar-refractivity contribution in [3.8, 4) is 6.07 Å². The average molecular weight is 534 g/mol. The summed E-state index contributed by atoms with van der Waals surface area (Å²) in [6, 6.07) is 8.02. The van der Waals surface area contributed by atoms with Gasteiger partial charge >= 0.3 is 6.18 Å². The van der Waals surface area contributed by atoms with Gasteiger partial charge in [-0.1, -0.05) is 24.4 Å². The van der Waals surface area contributed by atoms with E-state index in [1.165, 1.54) is 24.3 Å². The number of halogens is 6. The van der Waals surface area contributed by atoms with Crippen LogP contribution in [0.2, 0.25) is 5.02 Å². The zero-order chi connectivity index (χ0) is 26.0. The van der Waals surface area contributed by atoms with Crippen molar-refractivity contribution in [1.29, 1.82) is 5.26 Å². The first kappa shape index (κ1) is 26.8. The van der Waals surface area contributed by atoms with Crippen LogP contribution in [-0.2, 0) is 21.9 Å². The van der Waals surface area contributed by atoms with Crippen molar-refractivity contribution < 1.29 is 30.4 Å². The Bertz CT molecular complexity index is 1230. The van der Waals surface area contributed by atoms with Gasteiger partial charge in [0.2, 0.25) is 9.84 Å². The predicted octanol–water partition coefficient (Wildman–Crippen LogP) is 6.58. The molecule has 0 aromatic heterocycles. The number of allylic oxidation sites excluding steroid dienone is 1. The first-order valence-corrected chi connectivity index (χ1v) is 12.4. The van der Waals surface area contributed by atoms with E-state index >= 15 is 0 Å². The first-order chi connectivity index (χ1) is 16.2. The van der Waals surface area contributed by atoms with E-state index in [1.54, 1.807) is 6.07 Å². The minimum Gasteiger partial charge on any atom is -0.367 e. The second kappa shape index (κ2) is 10.0. The van der Waals surface area contributed by atoms with E-state index in [2.05, 4.69) is 10.6 Å². The molecule has 2 aromatic rings. The average Bonchev–Trinajstić information content (AvgIpc) is 3.26. The number of nitriles is 1. The summed E-state index contributed by atoms with van der Waals surface area (Å²) in [6.07, 6.45) is -2.02. The zero-order valence-electron chi connectivity index (χ0n) is 18.4. The molecule has 0 saturated heterocycles. The highest BCUT2D eigenvalue weighted by molar-refractivity contribution is 7.95. The summed E-state index contributed by atoms with van der Waals surface area (Å²) in [6.45, 7) is 0.450. The van der Waals surface area contributed by atoms with Crippen LogP contribution in [0.4, 0.5) is 27.6 Å². The number of hydrogen-bond acceptors (Lipinski definition) is 5. The minimum absolute atomic E-state index is 0.255. The number of hydrogen-bond donors (Lipinski definition) is 2. The van der Waals surface area contributed by atoms with Gasteiger partial charge in [-0.15, -0.1) is 0 Å². The fourth-order valence-electron chi connectivity index (χ4n) is 3.68. The molecule has 3 rings (SSSR count). The fraction of sp³-hybridized carbons (Fsp3) is 0.348. The standard InChI is InChI=1S/C23H21ClF5N3O2S/c1-22(25,26)14-10-15(23(27,28)29)12-18(11-14)32-21(31-17-4-2-3-5-17)20(13-30)35(33,34)19-8-6-16(24)7-9-19/h6-12,17,31-32H,2-5H2,1H3/b21-20-. The highest BCUT2D eigenvalue weighted by Gasteiger charge is 2.35. The van der Waals surface area contributed by atoms with Crippen LogP contribution in [0.1, 0.15) is 43.7 Å². The van der Waals surface area contributed by atoms with Crippen LogP contribution in [0, 0.1) is 11.3 Å². The molecule has 1 aliphatic carbocycles. The molecule has 0 amide bonds. The van der Waals surface area contributed by atoms with Crippen molar-refractivity contribution in [2.45, 2.75) is 55.6 Å². The van der Waals surface area contributed by atoms with E-state index in [0.29, 0.717) is 31.9 Å².